The largest absolute Gasteiger partial charge is 0.311 e. The van der Waals surface area contributed by atoms with Crippen LogP contribution in [0.15, 0.2) is 16.8 Å². The molecule has 1 N–H and O–H groups in total. The molecule has 0 aliphatic carbocycles. The van der Waals surface area contributed by atoms with Gasteiger partial charge in [0.1, 0.15) is 0 Å². The highest BCUT2D eigenvalue weighted by molar-refractivity contribution is 7.07. The molecule has 0 aromatic carbocycles. The number of thiophene rings is 1. The van der Waals surface area contributed by atoms with E-state index in [1.807, 2.05) is 11.3 Å². The highest BCUT2D eigenvalue weighted by Crippen LogP contribution is 2.25. The van der Waals surface area contributed by atoms with Crippen molar-refractivity contribution in [2.45, 2.75) is 59.5 Å². The molecular formula is C18H32N2S. The van der Waals surface area contributed by atoms with Crippen molar-refractivity contribution in [3.05, 3.63) is 22.4 Å². The molecule has 3 heteroatoms. The lowest BCUT2D eigenvalue weighted by atomic mass is 9.84. The lowest BCUT2D eigenvalue weighted by Gasteiger charge is -2.45. The molecule has 0 radical (unpaired) electrons. The molecule has 0 spiro atoms. The standard InChI is InChI=1S/C18H32N2S/c1-14(2)10-16-11-19-17(18(3,4)5)12-20(16)8-6-15-7-9-21-13-15/h7,9,13-14,16-17,19H,6,8,10-12H2,1-5H3. The first-order valence-corrected chi connectivity index (χ1v) is 9.29. The Hall–Kier alpha value is -0.380. The minimum atomic E-state index is 0.337. The maximum atomic E-state index is 3.80. The zero-order chi connectivity index (χ0) is 15.5. The van der Waals surface area contributed by atoms with Crippen LogP contribution in [-0.4, -0.2) is 36.6 Å². The summed E-state index contributed by atoms with van der Waals surface area (Å²) in [6.45, 7) is 15.3. The molecule has 1 aromatic rings. The van der Waals surface area contributed by atoms with Crippen LogP contribution in [0.5, 0.6) is 0 Å². The summed E-state index contributed by atoms with van der Waals surface area (Å²) >= 11 is 1.81. The normalized spacial score (nSPS) is 24.7. The molecule has 1 aromatic heterocycles. The van der Waals surface area contributed by atoms with Crippen LogP contribution in [0.3, 0.4) is 0 Å². The van der Waals surface area contributed by atoms with E-state index in [0.717, 1.165) is 12.5 Å². The molecule has 0 bridgehead atoms. The average molecular weight is 309 g/mol. The second-order valence-electron chi connectivity index (χ2n) is 7.99. The number of hydrogen-bond acceptors (Lipinski definition) is 3. The molecule has 0 amide bonds. The highest BCUT2D eigenvalue weighted by Gasteiger charge is 2.33. The van der Waals surface area contributed by atoms with Crippen LogP contribution in [0, 0.1) is 11.3 Å². The second kappa shape index (κ2) is 7.26. The fourth-order valence-corrected chi connectivity index (χ4v) is 3.90. The Morgan fingerprint density at radius 2 is 2.14 bits per heavy atom. The Labute approximate surface area is 134 Å². The number of hydrogen-bond donors (Lipinski definition) is 1. The number of piperazine rings is 1. The van der Waals surface area contributed by atoms with Gasteiger partial charge < -0.3 is 5.32 Å². The quantitative estimate of drug-likeness (QED) is 0.883. The summed E-state index contributed by atoms with van der Waals surface area (Å²) in [5.41, 5.74) is 1.83. The summed E-state index contributed by atoms with van der Waals surface area (Å²) in [6, 6.07) is 3.57. The van der Waals surface area contributed by atoms with Crippen molar-refractivity contribution in [2.75, 3.05) is 19.6 Å². The Morgan fingerprint density at radius 3 is 2.71 bits per heavy atom. The van der Waals surface area contributed by atoms with Crippen LogP contribution in [0.25, 0.3) is 0 Å². The van der Waals surface area contributed by atoms with Crippen LogP contribution >= 0.6 is 11.3 Å². The van der Waals surface area contributed by atoms with E-state index in [-0.39, 0.29) is 0 Å². The van der Waals surface area contributed by atoms with Crippen molar-refractivity contribution in [3.8, 4) is 0 Å². The molecule has 1 saturated heterocycles. The van der Waals surface area contributed by atoms with Gasteiger partial charge in [-0.25, -0.2) is 0 Å². The molecule has 2 rings (SSSR count). The van der Waals surface area contributed by atoms with Gasteiger partial charge in [-0.15, -0.1) is 0 Å². The van der Waals surface area contributed by atoms with E-state index < -0.39 is 0 Å². The van der Waals surface area contributed by atoms with Gasteiger partial charge in [-0.1, -0.05) is 34.6 Å². The predicted octanol–water partition coefficient (Wildman–Crippen LogP) is 4.03. The number of nitrogens with one attached hydrogen (secondary N) is 1. The van der Waals surface area contributed by atoms with Crippen LogP contribution < -0.4 is 5.32 Å². The van der Waals surface area contributed by atoms with Gasteiger partial charge in [0, 0.05) is 31.7 Å². The first kappa shape index (κ1) is 17.0. The summed E-state index contributed by atoms with van der Waals surface area (Å²) in [5.74, 6) is 0.770. The van der Waals surface area contributed by atoms with E-state index in [4.69, 9.17) is 0 Å². The van der Waals surface area contributed by atoms with E-state index in [0.29, 0.717) is 17.5 Å². The van der Waals surface area contributed by atoms with Gasteiger partial charge in [0.2, 0.25) is 0 Å². The van der Waals surface area contributed by atoms with E-state index in [1.54, 1.807) is 0 Å². The summed E-state index contributed by atoms with van der Waals surface area (Å²) < 4.78 is 0. The fraction of sp³-hybridized carbons (Fsp3) is 0.778. The average Bonchev–Trinajstić information content (AvgIpc) is 2.88. The molecule has 0 saturated carbocycles. The first-order valence-electron chi connectivity index (χ1n) is 8.34. The van der Waals surface area contributed by atoms with Gasteiger partial charge in [0.25, 0.3) is 0 Å². The molecule has 120 valence electrons. The molecule has 1 aliphatic rings. The van der Waals surface area contributed by atoms with Gasteiger partial charge in [0.05, 0.1) is 0 Å². The summed E-state index contributed by atoms with van der Waals surface area (Å²) in [4.78, 5) is 2.74. The minimum absolute atomic E-state index is 0.337. The molecule has 1 fully saturated rings. The molecular weight excluding hydrogens is 276 g/mol. The third kappa shape index (κ3) is 5.08. The highest BCUT2D eigenvalue weighted by atomic mass is 32.1. The molecule has 2 unspecified atom stereocenters. The van der Waals surface area contributed by atoms with Crippen molar-refractivity contribution in [2.24, 2.45) is 11.3 Å². The lowest BCUT2D eigenvalue weighted by Crippen LogP contribution is -2.60. The fourth-order valence-electron chi connectivity index (χ4n) is 3.19. The Kier molecular flexibility index (Phi) is 5.87. The van der Waals surface area contributed by atoms with Crippen molar-refractivity contribution in [1.82, 2.24) is 10.2 Å². The van der Waals surface area contributed by atoms with Gasteiger partial charge in [-0.3, -0.25) is 4.90 Å². The lowest BCUT2D eigenvalue weighted by molar-refractivity contribution is 0.0761. The maximum absolute atomic E-state index is 3.80. The summed E-state index contributed by atoms with van der Waals surface area (Å²) in [5, 5.41) is 8.28. The zero-order valence-corrected chi connectivity index (χ0v) is 15.2. The number of rotatable bonds is 5. The second-order valence-corrected chi connectivity index (χ2v) is 8.77. The minimum Gasteiger partial charge on any atom is -0.311 e. The van der Waals surface area contributed by atoms with Gasteiger partial charge in [0.15, 0.2) is 0 Å². The van der Waals surface area contributed by atoms with Crippen molar-refractivity contribution >= 4 is 11.3 Å². The van der Waals surface area contributed by atoms with Gasteiger partial charge >= 0.3 is 0 Å². The van der Waals surface area contributed by atoms with Gasteiger partial charge in [-0.05, 0) is 46.6 Å². The van der Waals surface area contributed by atoms with Gasteiger partial charge in [-0.2, -0.15) is 11.3 Å². The van der Waals surface area contributed by atoms with Crippen molar-refractivity contribution < 1.29 is 0 Å². The third-order valence-corrected chi connectivity index (χ3v) is 5.32. The van der Waals surface area contributed by atoms with E-state index >= 15 is 0 Å². The predicted molar refractivity (Wildman–Crippen MR) is 94.1 cm³/mol. The van der Waals surface area contributed by atoms with Crippen molar-refractivity contribution in [1.29, 1.82) is 0 Å². The summed E-state index contributed by atoms with van der Waals surface area (Å²) in [7, 11) is 0. The molecule has 2 atom stereocenters. The molecule has 21 heavy (non-hydrogen) atoms. The molecule has 1 aliphatic heterocycles. The monoisotopic (exact) mass is 308 g/mol. The topological polar surface area (TPSA) is 15.3 Å². The third-order valence-electron chi connectivity index (χ3n) is 4.59. The maximum Gasteiger partial charge on any atom is 0.0244 e. The number of nitrogens with zero attached hydrogens (tertiary/aromatic N) is 1. The Morgan fingerprint density at radius 1 is 1.38 bits per heavy atom. The van der Waals surface area contributed by atoms with E-state index in [1.165, 1.54) is 31.5 Å². The first-order chi connectivity index (χ1) is 9.86. The Balaban J connectivity index is 1.98. The Bertz CT molecular complexity index is 405. The molecule has 2 nitrogen and oxygen atoms in total. The van der Waals surface area contributed by atoms with Crippen LogP contribution in [0.4, 0.5) is 0 Å². The van der Waals surface area contributed by atoms with E-state index in [2.05, 4.69) is 61.7 Å². The smallest absolute Gasteiger partial charge is 0.0244 e. The SMILES string of the molecule is CC(C)CC1CNC(C(C)(C)C)CN1CCc1ccsc1. The van der Waals surface area contributed by atoms with Crippen LogP contribution in [0.1, 0.15) is 46.6 Å². The van der Waals surface area contributed by atoms with Crippen LogP contribution in [-0.2, 0) is 6.42 Å². The van der Waals surface area contributed by atoms with E-state index in [9.17, 15) is 0 Å². The molecule has 2 heterocycles. The van der Waals surface area contributed by atoms with Crippen molar-refractivity contribution in [3.63, 3.8) is 0 Å². The van der Waals surface area contributed by atoms with Crippen LogP contribution in [0.2, 0.25) is 0 Å². The summed E-state index contributed by atoms with van der Waals surface area (Å²) in [6.07, 6.45) is 2.49. The zero-order valence-electron chi connectivity index (χ0n) is 14.4.